The normalized spacial score (nSPS) is 27.6. The van der Waals surface area contributed by atoms with Crippen LogP contribution in [0.5, 0.6) is 0 Å². The Morgan fingerprint density at radius 3 is 3.14 bits per heavy atom. The van der Waals surface area contributed by atoms with E-state index in [0.29, 0.717) is 16.6 Å². The molecule has 2 saturated heterocycles. The lowest BCUT2D eigenvalue weighted by Crippen LogP contribution is -2.50. The van der Waals surface area contributed by atoms with Gasteiger partial charge in [-0.1, -0.05) is 24.6 Å². The standard InChI is InChI=1S/C16H22ClFN2O/c1-2-19-16(13-6-5-11(17)8-14(13)18)15-9-20-7-3-4-12(20)10-21-15/h5-6,8,12,15-16,19H,2-4,7,9-10H2,1H3. The van der Waals surface area contributed by atoms with Crippen molar-refractivity contribution in [1.29, 1.82) is 0 Å². The quantitative estimate of drug-likeness (QED) is 0.925. The predicted molar refractivity (Wildman–Crippen MR) is 82.2 cm³/mol. The van der Waals surface area contributed by atoms with Gasteiger partial charge in [0, 0.05) is 23.2 Å². The minimum absolute atomic E-state index is 0.0185. The molecule has 0 aliphatic carbocycles. The van der Waals surface area contributed by atoms with E-state index in [-0.39, 0.29) is 18.0 Å². The summed E-state index contributed by atoms with van der Waals surface area (Å²) in [5.74, 6) is -0.263. The van der Waals surface area contributed by atoms with Crippen LogP contribution in [-0.2, 0) is 4.74 Å². The fraction of sp³-hybridized carbons (Fsp3) is 0.625. The molecular formula is C16H22ClFN2O. The molecule has 3 rings (SSSR count). The lowest BCUT2D eigenvalue weighted by molar-refractivity contribution is -0.0655. The van der Waals surface area contributed by atoms with Gasteiger partial charge in [0.2, 0.25) is 0 Å². The van der Waals surface area contributed by atoms with E-state index in [0.717, 1.165) is 26.2 Å². The summed E-state index contributed by atoms with van der Waals surface area (Å²) in [5.41, 5.74) is 0.642. The van der Waals surface area contributed by atoms with E-state index >= 15 is 0 Å². The number of rotatable bonds is 4. The Bertz CT molecular complexity index is 499. The van der Waals surface area contributed by atoms with Crippen LogP contribution in [0, 0.1) is 5.82 Å². The highest BCUT2D eigenvalue weighted by atomic mass is 35.5. The van der Waals surface area contributed by atoms with Gasteiger partial charge in [0.05, 0.1) is 18.8 Å². The lowest BCUT2D eigenvalue weighted by atomic mass is 9.98. The molecule has 3 nitrogen and oxygen atoms in total. The lowest BCUT2D eigenvalue weighted by Gasteiger charge is -2.39. The van der Waals surface area contributed by atoms with E-state index in [1.807, 2.05) is 6.92 Å². The van der Waals surface area contributed by atoms with Crippen molar-refractivity contribution in [2.75, 3.05) is 26.2 Å². The van der Waals surface area contributed by atoms with Crippen molar-refractivity contribution in [2.45, 2.75) is 38.0 Å². The first-order chi connectivity index (χ1) is 10.2. The van der Waals surface area contributed by atoms with Crippen molar-refractivity contribution >= 4 is 11.6 Å². The molecule has 0 amide bonds. The van der Waals surface area contributed by atoms with Gasteiger partial charge in [-0.2, -0.15) is 0 Å². The van der Waals surface area contributed by atoms with Crippen LogP contribution in [0.25, 0.3) is 0 Å². The molecule has 3 atom stereocenters. The molecule has 0 radical (unpaired) electrons. The number of nitrogens with zero attached hydrogens (tertiary/aromatic N) is 1. The van der Waals surface area contributed by atoms with E-state index in [9.17, 15) is 4.39 Å². The summed E-state index contributed by atoms with van der Waals surface area (Å²) in [7, 11) is 0. The molecule has 2 aliphatic rings. The van der Waals surface area contributed by atoms with Crippen molar-refractivity contribution in [3.63, 3.8) is 0 Å². The van der Waals surface area contributed by atoms with E-state index < -0.39 is 0 Å². The van der Waals surface area contributed by atoms with Gasteiger partial charge in [-0.05, 0) is 38.1 Å². The number of likely N-dealkylation sites (N-methyl/N-ethyl adjacent to an activating group) is 1. The SMILES string of the molecule is CCNC(c1ccc(Cl)cc1F)C1CN2CCCC2CO1. The topological polar surface area (TPSA) is 24.5 Å². The van der Waals surface area contributed by atoms with Crippen LogP contribution in [0.2, 0.25) is 5.02 Å². The largest absolute Gasteiger partial charge is 0.373 e. The Morgan fingerprint density at radius 1 is 1.52 bits per heavy atom. The third-order valence-corrected chi connectivity index (χ3v) is 4.74. The first kappa shape index (κ1) is 15.2. The van der Waals surface area contributed by atoms with Gasteiger partial charge in [-0.25, -0.2) is 4.39 Å². The summed E-state index contributed by atoms with van der Waals surface area (Å²) in [6, 6.07) is 5.31. The minimum atomic E-state index is -0.263. The molecule has 2 fully saturated rings. The smallest absolute Gasteiger partial charge is 0.129 e. The summed E-state index contributed by atoms with van der Waals surface area (Å²) >= 11 is 5.86. The number of ether oxygens (including phenoxy) is 1. The zero-order valence-electron chi connectivity index (χ0n) is 12.3. The van der Waals surface area contributed by atoms with Gasteiger partial charge in [0.1, 0.15) is 5.82 Å². The summed E-state index contributed by atoms with van der Waals surface area (Å²) in [4.78, 5) is 2.48. The van der Waals surface area contributed by atoms with Crippen LogP contribution in [-0.4, -0.2) is 43.3 Å². The molecule has 0 saturated carbocycles. The number of fused-ring (bicyclic) bond motifs is 1. The molecule has 0 aromatic heterocycles. The van der Waals surface area contributed by atoms with E-state index in [1.54, 1.807) is 12.1 Å². The fourth-order valence-electron chi connectivity index (χ4n) is 3.46. The summed E-state index contributed by atoms with van der Waals surface area (Å²) in [6.07, 6.45) is 2.44. The van der Waals surface area contributed by atoms with Crippen molar-refractivity contribution in [2.24, 2.45) is 0 Å². The molecule has 21 heavy (non-hydrogen) atoms. The van der Waals surface area contributed by atoms with Gasteiger partial charge < -0.3 is 10.1 Å². The monoisotopic (exact) mass is 312 g/mol. The highest BCUT2D eigenvalue weighted by Gasteiger charge is 2.36. The molecule has 1 aromatic carbocycles. The highest BCUT2D eigenvalue weighted by molar-refractivity contribution is 6.30. The van der Waals surface area contributed by atoms with Crippen LogP contribution in [0.15, 0.2) is 18.2 Å². The van der Waals surface area contributed by atoms with E-state index in [1.165, 1.54) is 18.9 Å². The minimum Gasteiger partial charge on any atom is -0.373 e. The number of benzene rings is 1. The Labute approximate surface area is 130 Å². The second-order valence-corrected chi connectivity index (χ2v) is 6.30. The second-order valence-electron chi connectivity index (χ2n) is 5.86. The number of morpholine rings is 1. The van der Waals surface area contributed by atoms with Crippen molar-refractivity contribution in [3.8, 4) is 0 Å². The third kappa shape index (κ3) is 3.24. The average Bonchev–Trinajstić information content (AvgIpc) is 2.93. The second kappa shape index (κ2) is 6.61. The molecule has 2 heterocycles. The molecule has 3 unspecified atom stereocenters. The molecular weight excluding hydrogens is 291 g/mol. The maximum Gasteiger partial charge on any atom is 0.129 e. The van der Waals surface area contributed by atoms with Crippen molar-refractivity contribution in [3.05, 3.63) is 34.6 Å². The fourth-order valence-corrected chi connectivity index (χ4v) is 3.62. The number of nitrogens with one attached hydrogen (secondary N) is 1. The molecule has 5 heteroatoms. The molecule has 1 aromatic rings. The van der Waals surface area contributed by atoms with Crippen LogP contribution in [0.3, 0.4) is 0 Å². The number of halogens is 2. The Hall–Kier alpha value is -0.680. The Balaban J connectivity index is 1.80. The van der Waals surface area contributed by atoms with Crippen molar-refractivity contribution < 1.29 is 9.13 Å². The predicted octanol–water partition coefficient (Wildman–Crippen LogP) is 2.99. The first-order valence-electron chi connectivity index (χ1n) is 7.73. The van der Waals surface area contributed by atoms with Crippen LogP contribution in [0.1, 0.15) is 31.4 Å². The number of hydrogen-bond donors (Lipinski definition) is 1. The molecule has 1 N–H and O–H groups in total. The molecule has 0 bridgehead atoms. The maximum absolute atomic E-state index is 14.3. The van der Waals surface area contributed by atoms with E-state index in [2.05, 4.69) is 10.2 Å². The van der Waals surface area contributed by atoms with Gasteiger partial charge in [-0.3, -0.25) is 4.90 Å². The van der Waals surface area contributed by atoms with Gasteiger partial charge >= 0.3 is 0 Å². The summed E-state index contributed by atoms with van der Waals surface area (Å²) < 4.78 is 20.3. The average molecular weight is 313 g/mol. The first-order valence-corrected chi connectivity index (χ1v) is 8.11. The number of hydrogen-bond acceptors (Lipinski definition) is 3. The summed E-state index contributed by atoms with van der Waals surface area (Å²) in [5, 5.41) is 3.80. The van der Waals surface area contributed by atoms with E-state index in [4.69, 9.17) is 16.3 Å². The highest BCUT2D eigenvalue weighted by Crippen LogP contribution is 2.30. The van der Waals surface area contributed by atoms with Crippen LogP contribution < -0.4 is 5.32 Å². The molecule has 116 valence electrons. The Morgan fingerprint density at radius 2 is 2.38 bits per heavy atom. The third-order valence-electron chi connectivity index (χ3n) is 4.51. The molecule has 0 spiro atoms. The Kier molecular flexibility index (Phi) is 4.79. The van der Waals surface area contributed by atoms with Gasteiger partial charge in [0.25, 0.3) is 0 Å². The molecule has 2 aliphatic heterocycles. The summed E-state index contributed by atoms with van der Waals surface area (Å²) in [6.45, 7) is 5.55. The van der Waals surface area contributed by atoms with Crippen LogP contribution in [0.4, 0.5) is 4.39 Å². The maximum atomic E-state index is 14.3. The van der Waals surface area contributed by atoms with Crippen molar-refractivity contribution in [1.82, 2.24) is 10.2 Å². The zero-order chi connectivity index (χ0) is 14.8. The van der Waals surface area contributed by atoms with Gasteiger partial charge in [0.15, 0.2) is 0 Å². The zero-order valence-corrected chi connectivity index (χ0v) is 13.1. The van der Waals surface area contributed by atoms with Crippen LogP contribution >= 0.6 is 11.6 Å². The van der Waals surface area contributed by atoms with Gasteiger partial charge in [-0.15, -0.1) is 0 Å².